The van der Waals surface area contributed by atoms with Crippen molar-refractivity contribution < 1.29 is 14.7 Å². The third-order valence-corrected chi connectivity index (χ3v) is 4.03. The highest BCUT2D eigenvalue weighted by atomic mass is 16.4. The number of likely N-dealkylation sites (tertiary alicyclic amines) is 1. The Morgan fingerprint density at radius 3 is 2.69 bits per heavy atom. The highest BCUT2D eigenvalue weighted by Gasteiger charge is 2.47. The number of hydrogen-bond acceptors (Lipinski definition) is 2. The minimum Gasteiger partial charge on any atom is -0.465 e. The van der Waals surface area contributed by atoms with Gasteiger partial charge in [-0.2, -0.15) is 0 Å². The van der Waals surface area contributed by atoms with Crippen LogP contribution in [0.25, 0.3) is 0 Å². The summed E-state index contributed by atoms with van der Waals surface area (Å²) in [5.74, 6) is 0.121. The van der Waals surface area contributed by atoms with Crippen LogP contribution in [-0.2, 0) is 4.79 Å². The van der Waals surface area contributed by atoms with Gasteiger partial charge < -0.3 is 15.3 Å². The minimum absolute atomic E-state index is 0.0117. The molecular weight excluding hydrogens is 208 g/mol. The van der Waals surface area contributed by atoms with Gasteiger partial charge in [-0.15, -0.1) is 0 Å². The molecule has 0 aromatic heterocycles. The molecule has 5 nitrogen and oxygen atoms in total. The molecule has 16 heavy (non-hydrogen) atoms. The van der Waals surface area contributed by atoms with Gasteiger partial charge in [-0.25, -0.2) is 4.79 Å². The van der Waals surface area contributed by atoms with E-state index in [0.29, 0.717) is 19.5 Å². The summed E-state index contributed by atoms with van der Waals surface area (Å²) in [4.78, 5) is 23.7. The van der Waals surface area contributed by atoms with E-state index in [-0.39, 0.29) is 17.4 Å². The van der Waals surface area contributed by atoms with Crippen molar-refractivity contribution >= 4 is 12.0 Å². The molecule has 1 atom stereocenters. The maximum absolute atomic E-state index is 11.5. The van der Waals surface area contributed by atoms with Crippen molar-refractivity contribution in [2.45, 2.75) is 38.6 Å². The van der Waals surface area contributed by atoms with E-state index in [4.69, 9.17) is 5.11 Å². The number of piperidine rings is 1. The number of amides is 2. The molecule has 0 aromatic rings. The zero-order chi connectivity index (χ0) is 11.8. The summed E-state index contributed by atoms with van der Waals surface area (Å²) in [7, 11) is 0. The molecule has 2 fully saturated rings. The normalized spacial score (nSPS) is 28.2. The predicted octanol–water partition coefficient (Wildman–Crippen LogP) is 1.05. The average molecular weight is 226 g/mol. The lowest BCUT2D eigenvalue weighted by atomic mass is 9.72. The maximum Gasteiger partial charge on any atom is 0.407 e. The fourth-order valence-corrected chi connectivity index (χ4v) is 3.05. The quantitative estimate of drug-likeness (QED) is 0.702. The van der Waals surface area contributed by atoms with Gasteiger partial charge in [0.25, 0.3) is 0 Å². The Hall–Kier alpha value is -1.26. The zero-order valence-electron chi connectivity index (χ0n) is 9.53. The van der Waals surface area contributed by atoms with E-state index in [0.717, 1.165) is 19.3 Å². The van der Waals surface area contributed by atoms with Gasteiger partial charge in [0.05, 0.1) is 0 Å². The smallest absolute Gasteiger partial charge is 0.407 e. The van der Waals surface area contributed by atoms with E-state index in [2.05, 4.69) is 12.2 Å². The largest absolute Gasteiger partial charge is 0.465 e. The van der Waals surface area contributed by atoms with Crippen LogP contribution in [0, 0.1) is 5.41 Å². The number of nitrogens with one attached hydrogen (secondary N) is 1. The third-order valence-electron chi connectivity index (χ3n) is 4.03. The van der Waals surface area contributed by atoms with E-state index in [1.165, 1.54) is 4.90 Å². The lowest BCUT2D eigenvalue weighted by Gasteiger charge is -2.40. The summed E-state index contributed by atoms with van der Waals surface area (Å²) >= 11 is 0. The standard InChI is InChI=1S/C11H18N2O3/c1-2-8-11(7-9(14)12-8)3-5-13(6-4-11)10(15)16/h8H,2-7H2,1H3,(H,12,14)(H,15,16). The molecular formula is C11H18N2O3. The Morgan fingerprint density at radius 2 is 2.19 bits per heavy atom. The Bertz CT molecular complexity index is 308. The van der Waals surface area contributed by atoms with Gasteiger partial charge in [-0.1, -0.05) is 6.92 Å². The Labute approximate surface area is 94.8 Å². The molecule has 2 aliphatic rings. The van der Waals surface area contributed by atoms with E-state index in [1.807, 2.05) is 0 Å². The second kappa shape index (κ2) is 3.96. The maximum atomic E-state index is 11.5. The summed E-state index contributed by atoms with van der Waals surface area (Å²) < 4.78 is 0. The topological polar surface area (TPSA) is 69.6 Å². The van der Waals surface area contributed by atoms with Crippen LogP contribution in [-0.4, -0.2) is 41.1 Å². The van der Waals surface area contributed by atoms with Gasteiger partial charge in [0, 0.05) is 31.0 Å². The fourth-order valence-electron chi connectivity index (χ4n) is 3.05. The van der Waals surface area contributed by atoms with Crippen LogP contribution in [0.1, 0.15) is 32.6 Å². The van der Waals surface area contributed by atoms with Gasteiger partial charge in [0.2, 0.25) is 5.91 Å². The molecule has 0 saturated carbocycles. The first-order chi connectivity index (χ1) is 7.57. The first-order valence-corrected chi connectivity index (χ1v) is 5.84. The lowest BCUT2D eigenvalue weighted by molar-refractivity contribution is -0.119. The van der Waals surface area contributed by atoms with Crippen molar-refractivity contribution in [2.75, 3.05) is 13.1 Å². The van der Waals surface area contributed by atoms with Gasteiger partial charge in [0.1, 0.15) is 0 Å². The van der Waals surface area contributed by atoms with E-state index >= 15 is 0 Å². The van der Waals surface area contributed by atoms with Crippen LogP contribution in [0.2, 0.25) is 0 Å². The highest BCUT2D eigenvalue weighted by Crippen LogP contribution is 2.43. The molecule has 90 valence electrons. The molecule has 2 saturated heterocycles. The predicted molar refractivity (Wildman–Crippen MR) is 58.1 cm³/mol. The molecule has 0 aliphatic carbocycles. The van der Waals surface area contributed by atoms with Crippen LogP contribution in [0.4, 0.5) is 4.79 Å². The minimum atomic E-state index is -0.847. The molecule has 0 bridgehead atoms. The third kappa shape index (κ3) is 1.74. The number of hydrogen-bond donors (Lipinski definition) is 2. The van der Waals surface area contributed by atoms with Gasteiger partial charge >= 0.3 is 6.09 Å². The SMILES string of the molecule is CCC1NC(=O)CC12CCN(C(=O)O)CC2. The first-order valence-electron chi connectivity index (χ1n) is 5.84. The second-order valence-electron chi connectivity index (χ2n) is 4.84. The molecule has 0 aromatic carbocycles. The Morgan fingerprint density at radius 1 is 1.56 bits per heavy atom. The van der Waals surface area contributed by atoms with Crippen molar-refractivity contribution in [3.8, 4) is 0 Å². The van der Waals surface area contributed by atoms with E-state index in [1.54, 1.807) is 0 Å². The summed E-state index contributed by atoms with van der Waals surface area (Å²) in [5.41, 5.74) is 0.0117. The van der Waals surface area contributed by atoms with Crippen molar-refractivity contribution in [3.63, 3.8) is 0 Å². The number of nitrogens with zero attached hydrogens (tertiary/aromatic N) is 1. The Balaban J connectivity index is 2.05. The summed E-state index contributed by atoms with van der Waals surface area (Å²) in [6.45, 7) is 3.18. The average Bonchev–Trinajstić information content (AvgIpc) is 2.55. The molecule has 2 heterocycles. The first kappa shape index (κ1) is 11.2. The molecule has 2 rings (SSSR count). The second-order valence-corrected chi connectivity index (χ2v) is 4.84. The number of carboxylic acid groups (broad SMARTS) is 1. The summed E-state index contributed by atoms with van der Waals surface area (Å²) in [6, 6.07) is 0.232. The van der Waals surface area contributed by atoms with E-state index in [9.17, 15) is 9.59 Å². The molecule has 5 heteroatoms. The molecule has 2 aliphatic heterocycles. The van der Waals surface area contributed by atoms with Crippen molar-refractivity contribution in [2.24, 2.45) is 5.41 Å². The van der Waals surface area contributed by atoms with Crippen LogP contribution in [0.5, 0.6) is 0 Å². The van der Waals surface area contributed by atoms with Gasteiger partial charge in [0.15, 0.2) is 0 Å². The molecule has 2 N–H and O–H groups in total. The van der Waals surface area contributed by atoms with E-state index < -0.39 is 6.09 Å². The zero-order valence-corrected chi connectivity index (χ0v) is 9.53. The van der Waals surface area contributed by atoms with Crippen molar-refractivity contribution in [1.82, 2.24) is 10.2 Å². The molecule has 0 radical (unpaired) electrons. The van der Waals surface area contributed by atoms with Crippen LogP contribution < -0.4 is 5.32 Å². The lowest BCUT2D eigenvalue weighted by Crippen LogP contribution is -2.47. The molecule has 1 spiro atoms. The summed E-state index contributed by atoms with van der Waals surface area (Å²) in [5, 5.41) is 11.9. The van der Waals surface area contributed by atoms with Crippen molar-refractivity contribution in [3.05, 3.63) is 0 Å². The summed E-state index contributed by atoms with van der Waals surface area (Å²) in [6.07, 6.45) is 2.25. The van der Waals surface area contributed by atoms with Gasteiger partial charge in [-0.05, 0) is 19.3 Å². The Kier molecular flexibility index (Phi) is 2.78. The van der Waals surface area contributed by atoms with Crippen molar-refractivity contribution in [1.29, 1.82) is 0 Å². The van der Waals surface area contributed by atoms with Gasteiger partial charge in [-0.3, -0.25) is 4.79 Å². The highest BCUT2D eigenvalue weighted by molar-refractivity contribution is 5.80. The monoisotopic (exact) mass is 226 g/mol. The van der Waals surface area contributed by atoms with Crippen LogP contribution in [0.3, 0.4) is 0 Å². The molecule has 1 unspecified atom stereocenters. The number of carbonyl (C=O) groups excluding carboxylic acids is 1. The van der Waals surface area contributed by atoms with Crippen LogP contribution in [0.15, 0.2) is 0 Å². The van der Waals surface area contributed by atoms with Crippen LogP contribution >= 0.6 is 0 Å². The number of rotatable bonds is 1. The number of carbonyl (C=O) groups is 2. The molecule has 2 amide bonds. The fraction of sp³-hybridized carbons (Fsp3) is 0.818.